The maximum atomic E-state index is 13.7. The number of hydroxylamine groups is 2. The van der Waals surface area contributed by atoms with E-state index in [1.807, 2.05) is 0 Å². The molecule has 3 aromatic rings. The van der Waals surface area contributed by atoms with Crippen LogP contribution in [0.5, 0.6) is 0 Å². The summed E-state index contributed by atoms with van der Waals surface area (Å²) in [4.78, 5) is 42.6. The lowest BCUT2D eigenvalue weighted by atomic mass is 9.99. The highest BCUT2D eigenvalue weighted by molar-refractivity contribution is 6.02. The number of amides is 5. The molecule has 1 aromatic heterocycles. The predicted octanol–water partition coefficient (Wildman–Crippen LogP) is 2.43. The van der Waals surface area contributed by atoms with Crippen LogP contribution in [0.2, 0.25) is 0 Å². The molecule has 1 aliphatic carbocycles. The van der Waals surface area contributed by atoms with E-state index in [1.54, 1.807) is 74.5 Å². The van der Waals surface area contributed by atoms with Crippen molar-refractivity contribution in [3.63, 3.8) is 0 Å². The van der Waals surface area contributed by atoms with Crippen molar-refractivity contribution in [1.29, 1.82) is 0 Å². The molecular formula is C26H28N8O6. The minimum atomic E-state index is -1.24. The van der Waals surface area contributed by atoms with Crippen LogP contribution < -0.4 is 20.5 Å². The number of para-hydroxylation sites is 2. The molecule has 3 N–H and O–H groups in total. The lowest BCUT2D eigenvalue weighted by Crippen LogP contribution is -2.58. The minimum absolute atomic E-state index is 0.287. The average molecular weight is 549 g/mol. The molecule has 0 saturated carbocycles. The molecular weight excluding hydrogens is 520 g/mol. The van der Waals surface area contributed by atoms with Gasteiger partial charge in [0.15, 0.2) is 6.17 Å². The van der Waals surface area contributed by atoms with E-state index in [0.29, 0.717) is 52.0 Å². The molecule has 2 aromatic carbocycles. The Morgan fingerprint density at radius 2 is 1.85 bits per heavy atom. The zero-order valence-electron chi connectivity index (χ0n) is 21.9. The second-order valence-electron chi connectivity index (χ2n) is 9.91. The van der Waals surface area contributed by atoms with Gasteiger partial charge in [-0.05, 0) is 55.9 Å². The van der Waals surface area contributed by atoms with E-state index in [9.17, 15) is 24.8 Å². The summed E-state index contributed by atoms with van der Waals surface area (Å²) in [5.41, 5.74) is 3.09. The van der Waals surface area contributed by atoms with Crippen molar-refractivity contribution in [2.75, 3.05) is 16.8 Å². The summed E-state index contributed by atoms with van der Waals surface area (Å²) in [6, 6.07) is 15.7. The molecule has 14 heteroatoms. The van der Waals surface area contributed by atoms with E-state index in [0.717, 1.165) is 0 Å². The third-order valence-corrected chi connectivity index (χ3v) is 6.93. The van der Waals surface area contributed by atoms with Crippen molar-refractivity contribution in [3.8, 4) is 0 Å². The SMILES string of the molecule is CC1(C)C(N(O)C(=O)Nc2ccccc2)N(c2ccccc2)C(=O)N1CC(=O)NN=C1CCCc2c1no[n+]2[O-]. The van der Waals surface area contributed by atoms with Crippen LogP contribution in [-0.2, 0) is 11.2 Å². The number of hydrazone groups is 1. The number of benzene rings is 2. The van der Waals surface area contributed by atoms with Crippen LogP contribution in [0.3, 0.4) is 0 Å². The normalized spacial score (nSPS) is 18.9. The molecule has 1 atom stereocenters. The maximum Gasteiger partial charge on any atom is 0.347 e. The first-order valence-corrected chi connectivity index (χ1v) is 12.6. The van der Waals surface area contributed by atoms with Crippen molar-refractivity contribution < 1.29 is 29.1 Å². The van der Waals surface area contributed by atoms with Crippen molar-refractivity contribution in [3.05, 3.63) is 77.3 Å². The van der Waals surface area contributed by atoms with Gasteiger partial charge in [0.2, 0.25) is 5.69 Å². The fourth-order valence-corrected chi connectivity index (χ4v) is 4.92. The van der Waals surface area contributed by atoms with Gasteiger partial charge in [0.1, 0.15) is 12.3 Å². The minimum Gasteiger partial charge on any atom is -0.359 e. The summed E-state index contributed by atoms with van der Waals surface area (Å²) in [5, 5.41) is 33.8. The number of fused-ring (bicyclic) bond motifs is 1. The summed E-state index contributed by atoms with van der Waals surface area (Å²) in [5.74, 6) is -0.619. The molecule has 5 rings (SSSR count). The molecule has 14 nitrogen and oxygen atoms in total. The number of rotatable bonds is 6. The fraction of sp³-hybridized carbons (Fsp3) is 0.308. The highest BCUT2D eigenvalue weighted by Gasteiger charge is 2.56. The van der Waals surface area contributed by atoms with Gasteiger partial charge >= 0.3 is 12.1 Å². The summed E-state index contributed by atoms with van der Waals surface area (Å²) < 4.78 is 4.65. The van der Waals surface area contributed by atoms with E-state index in [2.05, 4.69) is 25.6 Å². The highest BCUT2D eigenvalue weighted by atomic mass is 16.8. The topological polar surface area (TPSA) is 171 Å². The highest BCUT2D eigenvalue weighted by Crippen LogP contribution is 2.37. The number of hydrogen-bond donors (Lipinski definition) is 3. The number of aromatic nitrogens is 2. The van der Waals surface area contributed by atoms with Crippen LogP contribution >= 0.6 is 0 Å². The first-order chi connectivity index (χ1) is 19.2. The molecule has 0 spiro atoms. The van der Waals surface area contributed by atoms with Crippen molar-refractivity contribution in [1.82, 2.24) is 20.5 Å². The second-order valence-corrected chi connectivity index (χ2v) is 9.91. The van der Waals surface area contributed by atoms with E-state index in [1.165, 1.54) is 9.80 Å². The number of hydrogen-bond acceptors (Lipinski definition) is 8. The third-order valence-electron chi connectivity index (χ3n) is 6.93. The Morgan fingerprint density at radius 3 is 2.55 bits per heavy atom. The lowest BCUT2D eigenvalue weighted by Gasteiger charge is -2.38. The van der Waals surface area contributed by atoms with E-state index < -0.39 is 36.2 Å². The molecule has 1 aliphatic heterocycles. The Morgan fingerprint density at radius 1 is 1.18 bits per heavy atom. The second kappa shape index (κ2) is 10.6. The predicted molar refractivity (Wildman–Crippen MR) is 141 cm³/mol. The molecule has 40 heavy (non-hydrogen) atoms. The molecule has 2 heterocycles. The Bertz CT molecular complexity index is 1440. The number of urea groups is 2. The summed E-state index contributed by atoms with van der Waals surface area (Å²) >= 11 is 0. The Balaban J connectivity index is 1.38. The van der Waals surface area contributed by atoms with Crippen molar-refractivity contribution in [2.24, 2.45) is 5.10 Å². The molecule has 0 bridgehead atoms. The molecule has 1 fully saturated rings. The van der Waals surface area contributed by atoms with Crippen LogP contribution in [0.1, 0.15) is 38.1 Å². The van der Waals surface area contributed by atoms with Gasteiger partial charge in [0.25, 0.3) is 11.6 Å². The van der Waals surface area contributed by atoms with Crippen LogP contribution in [0.25, 0.3) is 0 Å². The van der Waals surface area contributed by atoms with Gasteiger partial charge in [-0.1, -0.05) is 36.4 Å². The monoisotopic (exact) mass is 548 g/mol. The number of nitrogens with one attached hydrogen (secondary N) is 2. The summed E-state index contributed by atoms with van der Waals surface area (Å²) in [6.45, 7) is 2.86. The molecule has 1 unspecified atom stereocenters. The number of nitrogens with zero attached hydrogens (tertiary/aromatic N) is 6. The van der Waals surface area contributed by atoms with Crippen LogP contribution in [0.4, 0.5) is 21.0 Å². The molecule has 208 valence electrons. The van der Waals surface area contributed by atoms with Crippen LogP contribution in [-0.4, -0.2) is 62.3 Å². The Kier molecular flexibility index (Phi) is 7.09. The van der Waals surface area contributed by atoms with Crippen molar-refractivity contribution >= 4 is 35.1 Å². The number of carbonyl (C=O) groups is 3. The van der Waals surface area contributed by atoms with Gasteiger partial charge in [-0.2, -0.15) is 10.2 Å². The van der Waals surface area contributed by atoms with E-state index in [-0.39, 0.29) is 5.69 Å². The lowest BCUT2D eigenvalue weighted by molar-refractivity contribution is -0.808. The zero-order chi connectivity index (χ0) is 28.4. The first kappa shape index (κ1) is 26.6. The van der Waals surface area contributed by atoms with Crippen LogP contribution in [0.15, 0.2) is 70.4 Å². The summed E-state index contributed by atoms with van der Waals surface area (Å²) in [6.07, 6.45) is 0.397. The van der Waals surface area contributed by atoms with Crippen LogP contribution in [0, 0.1) is 5.21 Å². The number of anilines is 2. The maximum absolute atomic E-state index is 13.7. The molecule has 2 aliphatic rings. The standard InChI is InChI=1S/C26H28N8O6/c1-26(2)23(33(38)24(36)27-17-10-5-3-6-11-17)32(18-12-7-4-8-13-18)25(37)31(26)16-21(35)29-28-19-14-9-15-20-22(19)30-40-34(20)39/h3-8,10-13,23,38H,9,14-16H2,1-2H3,(H,27,36)(H,29,35). The zero-order valence-corrected chi connectivity index (χ0v) is 21.9. The smallest absolute Gasteiger partial charge is 0.347 e. The quantitative estimate of drug-likeness (QED) is 0.241. The number of carbonyl (C=O) groups excluding carboxylic acids is 3. The summed E-state index contributed by atoms with van der Waals surface area (Å²) in [7, 11) is 0. The van der Waals surface area contributed by atoms with Gasteiger partial charge < -0.3 is 15.4 Å². The van der Waals surface area contributed by atoms with E-state index >= 15 is 0 Å². The molecule has 0 radical (unpaired) electrons. The molecule has 5 amide bonds. The van der Waals surface area contributed by atoms with Gasteiger partial charge in [0.05, 0.1) is 5.54 Å². The Hall–Kier alpha value is -4.98. The molecule has 1 saturated heterocycles. The van der Waals surface area contributed by atoms with Gasteiger partial charge in [-0.15, -0.1) is 0 Å². The van der Waals surface area contributed by atoms with Gasteiger partial charge in [-0.25, -0.2) is 15.0 Å². The largest absolute Gasteiger partial charge is 0.359 e. The fourth-order valence-electron chi connectivity index (χ4n) is 4.92. The third kappa shape index (κ3) is 4.91. The van der Waals surface area contributed by atoms with E-state index in [4.69, 9.17) is 0 Å². The Labute approximate surface area is 228 Å². The van der Waals surface area contributed by atoms with Gasteiger partial charge in [-0.3, -0.25) is 19.5 Å². The van der Waals surface area contributed by atoms with Crippen molar-refractivity contribution in [2.45, 2.75) is 44.8 Å². The first-order valence-electron chi connectivity index (χ1n) is 12.6. The van der Waals surface area contributed by atoms with Gasteiger partial charge in [0, 0.05) is 23.0 Å². The average Bonchev–Trinajstić information content (AvgIpc) is 3.42.